The first-order chi connectivity index (χ1) is 44.0. The van der Waals surface area contributed by atoms with E-state index < -0.39 is 109 Å². The zero-order valence-corrected chi connectivity index (χ0v) is 53.4. The van der Waals surface area contributed by atoms with Crippen molar-refractivity contribution >= 4 is 109 Å². The molecule has 0 fully saturated rings. The van der Waals surface area contributed by atoms with Crippen LogP contribution in [-0.4, -0.2) is 114 Å². The lowest BCUT2D eigenvalue weighted by Gasteiger charge is -2.28. The molecule has 0 spiro atoms. The van der Waals surface area contributed by atoms with Crippen molar-refractivity contribution in [1.29, 1.82) is 0 Å². The van der Waals surface area contributed by atoms with Crippen LogP contribution in [0.2, 0.25) is 0 Å². The summed E-state index contributed by atoms with van der Waals surface area (Å²) in [5.74, 6) is -7.66. The van der Waals surface area contributed by atoms with Crippen LogP contribution in [0, 0.1) is 18.8 Å². The summed E-state index contributed by atoms with van der Waals surface area (Å²) >= 11 is 6.46. The van der Waals surface area contributed by atoms with Gasteiger partial charge in [-0.25, -0.2) is 34.9 Å². The van der Waals surface area contributed by atoms with Gasteiger partial charge >= 0.3 is 0 Å². The van der Waals surface area contributed by atoms with Crippen LogP contribution in [-0.2, 0) is 20.8 Å². The molecule has 6 amide bonds. The number of phenols is 1. The maximum absolute atomic E-state index is 14.9. The predicted molar refractivity (Wildman–Crippen MR) is 346 cm³/mol. The van der Waals surface area contributed by atoms with Gasteiger partial charge in [-0.3, -0.25) is 33.6 Å². The Bertz CT molecular complexity index is 4340. The van der Waals surface area contributed by atoms with E-state index in [4.69, 9.17) is 25.7 Å². The summed E-state index contributed by atoms with van der Waals surface area (Å²) in [5, 5.41) is 75.7. The first-order valence-electron chi connectivity index (χ1n) is 27.7. The number of nitrogens with one attached hydrogen (secondary N) is 5. The fourth-order valence-electron chi connectivity index (χ4n) is 9.39. The minimum atomic E-state index is -1.43. The number of carbonyl (C=O) groups is 7. The van der Waals surface area contributed by atoms with Gasteiger partial charge in [-0.1, -0.05) is 69.1 Å². The van der Waals surface area contributed by atoms with Crippen LogP contribution in [0.15, 0.2) is 131 Å². The molecule has 8 heterocycles. The Hall–Kier alpha value is -9.44. The lowest BCUT2D eigenvalue weighted by atomic mass is 9.90. The van der Waals surface area contributed by atoms with Crippen molar-refractivity contribution in [2.24, 2.45) is 17.6 Å². The number of phenolic OH excluding ortho intramolecular Hbond substituents is 1. The van der Waals surface area contributed by atoms with E-state index in [1.807, 2.05) is 0 Å². The number of primary amides is 1. The summed E-state index contributed by atoms with van der Waals surface area (Å²) in [6, 6.07) is 14.3. The summed E-state index contributed by atoms with van der Waals surface area (Å²) in [6.45, 7) is 12.9. The Morgan fingerprint density at radius 1 is 0.674 bits per heavy atom. The zero-order valence-electron chi connectivity index (χ0n) is 48.5. The number of pyridine rings is 1. The van der Waals surface area contributed by atoms with Crippen molar-refractivity contribution < 1.29 is 59.1 Å². The van der Waals surface area contributed by atoms with Gasteiger partial charge in [0.05, 0.1) is 48.3 Å². The molecular formula is C61H55N13O12S6. The normalized spacial score (nSPS) is 17.2. The largest absolute Gasteiger partial charge is 0.508 e. The molecule has 0 saturated carbocycles. The fraction of sp³-hybridized carbons (Fsp3) is 0.213. The Morgan fingerprint density at radius 3 is 2.04 bits per heavy atom. The monoisotopic (exact) mass is 1350 g/mol. The van der Waals surface area contributed by atoms with Gasteiger partial charge < -0.3 is 57.9 Å². The van der Waals surface area contributed by atoms with E-state index in [1.54, 1.807) is 79.2 Å². The van der Waals surface area contributed by atoms with Gasteiger partial charge in [0.1, 0.15) is 93.6 Å². The van der Waals surface area contributed by atoms with E-state index in [0.717, 1.165) is 56.7 Å². The summed E-state index contributed by atoms with van der Waals surface area (Å²) < 4.78 is 0. The van der Waals surface area contributed by atoms with E-state index in [0.29, 0.717) is 43.0 Å². The first kappa shape index (κ1) is 65.5. The molecule has 1 aliphatic heterocycles. The van der Waals surface area contributed by atoms with Crippen molar-refractivity contribution in [2.45, 2.75) is 63.4 Å². The number of fused-ring (bicyclic) bond motifs is 14. The first-order valence-corrected chi connectivity index (χ1v) is 32.9. The number of carbonyl (C=O) groups excluding carboxylic acids is 7. The number of aliphatic hydroxyl groups excluding tert-OH is 4. The number of aromatic hydroxyl groups is 1. The molecule has 31 heteroatoms. The SMILES string of the molecule is C=C(O)C(=C)NC(=O)C(=C)NC(=O)c1csc(-c2ccc3c(n2)-c2csc(n2)-c2csc(n2)C(C(C)C(O)CO)NC(=O)C(Cc2ccc(O)cc2)CC(=O)c2csc(n2)C(C(O)c2ccccc2)NC(=O)c2nc(sc2C)C(CC(N)=O)NC(=O)c2csc-3n2)n1. The smallest absolute Gasteiger partial charge is 0.275 e. The molecule has 7 aromatic heterocycles. The number of benzene rings is 2. The summed E-state index contributed by atoms with van der Waals surface area (Å²) in [6.07, 6.45) is -3.65. The quantitative estimate of drug-likeness (QED) is 0.0267. The van der Waals surface area contributed by atoms with E-state index >= 15 is 0 Å². The zero-order chi connectivity index (χ0) is 65.7. The highest BCUT2D eigenvalue weighted by Gasteiger charge is 2.36. The van der Waals surface area contributed by atoms with Crippen LogP contribution >= 0.6 is 68.0 Å². The molecule has 7 atom stereocenters. The van der Waals surface area contributed by atoms with Crippen LogP contribution in [0.3, 0.4) is 0 Å². The Labute approximate surface area is 547 Å². The molecule has 472 valence electrons. The minimum Gasteiger partial charge on any atom is -0.508 e. The molecular weight excluding hydrogens is 1300 g/mol. The maximum atomic E-state index is 14.9. The second-order valence-corrected chi connectivity index (χ2v) is 26.5. The molecule has 1 aliphatic rings. The summed E-state index contributed by atoms with van der Waals surface area (Å²) in [5.41, 5.74) is 7.33. The average Bonchev–Trinajstić information content (AvgIpc) is 1.62. The number of hydrogen-bond acceptors (Lipinski definition) is 25. The van der Waals surface area contributed by atoms with E-state index in [-0.39, 0.29) is 77.8 Å². The van der Waals surface area contributed by atoms with Gasteiger partial charge in [0, 0.05) is 55.6 Å². The van der Waals surface area contributed by atoms with E-state index in [1.165, 1.54) is 39.6 Å². The van der Waals surface area contributed by atoms with E-state index in [9.17, 15) is 59.1 Å². The molecule has 0 saturated heterocycles. The maximum Gasteiger partial charge on any atom is 0.275 e. The molecule has 0 radical (unpaired) electrons. The lowest BCUT2D eigenvalue weighted by Crippen LogP contribution is -2.42. The summed E-state index contributed by atoms with van der Waals surface area (Å²) in [7, 11) is 0. The number of hydrogen-bond donors (Lipinski definition) is 11. The van der Waals surface area contributed by atoms with Crippen LogP contribution in [0.25, 0.3) is 43.4 Å². The number of aryl methyl sites for hydroxylation is 1. The number of thiazole rings is 6. The van der Waals surface area contributed by atoms with Gasteiger partial charge in [0.15, 0.2) is 5.78 Å². The Kier molecular flexibility index (Phi) is 20.2. The van der Waals surface area contributed by atoms with Crippen molar-refractivity contribution in [3.8, 4) is 49.1 Å². The van der Waals surface area contributed by atoms with Crippen LogP contribution in [0.4, 0.5) is 0 Å². The molecule has 10 bridgehead atoms. The molecule has 2 aromatic carbocycles. The topological polar surface area (TPSA) is 397 Å². The van der Waals surface area contributed by atoms with E-state index in [2.05, 4.69) is 61.3 Å². The molecule has 25 nitrogen and oxygen atoms in total. The third-order valence-corrected chi connectivity index (χ3v) is 20.0. The number of ketones is 1. The molecule has 0 aliphatic carbocycles. The standard InChI is InChI=1S/C61H55N13O12S6/c1-26(44(79)20-75)46-60-71-42(25-91-60)58-68-39(22-88-58)48-35(15-16-36(65-48)57-70-40(24-89-57)53(84)64-28(3)51(82)63-27(2)29(4)76)56-69-41(23-87-56)54(85)66-37(19-45(62)80)59-74-47(30(5)92-59)55(86)73-49(50(81)32-9-7-6-8-10-32)61-67-38(21-90-61)43(78)18-33(52(83)72-46)17-31-11-13-34(77)14-12-31/h6-16,21-26,33,37,44,46,49-50,75-77,79,81H,2-4,17-20H2,1,5H3,(H2,62,80)(H,63,82)(H,64,84)(H,66,85)(H,72,83)(H,73,86). The average molecular weight is 1350 g/mol. The molecule has 9 aromatic rings. The highest BCUT2D eigenvalue weighted by Crippen LogP contribution is 2.40. The minimum absolute atomic E-state index is 0.0102. The van der Waals surface area contributed by atoms with Crippen molar-refractivity contribution in [2.75, 3.05) is 6.61 Å². The number of aromatic nitrogens is 7. The Balaban J connectivity index is 1.06. The van der Waals surface area contributed by atoms with Gasteiger partial charge in [0.25, 0.3) is 23.6 Å². The van der Waals surface area contributed by atoms with Crippen molar-refractivity contribution in [1.82, 2.24) is 61.5 Å². The Morgan fingerprint density at radius 2 is 1.33 bits per heavy atom. The summed E-state index contributed by atoms with van der Waals surface area (Å²) in [4.78, 5) is 131. The highest BCUT2D eigenvalue weighted by molar-refractivity contribution is 7.15. The third kappa shape index (κ3) is 15.0. The number of nitrogens with zero attached hydrogens (tertiary/aromatic N) is 7. The molecule has 7 unspecified atom stereocenters. The number of amides is 6. The van der Waals surface area contributed by atoms with Crippen LogP contribution in [0.1, 0.15) is 117 Å². The molecule has 12 N–H and O–H groups in total. The van der Waals surface area contributed by atoms with Gasteiger partial charge in [-0.15, -0.1) is 68.0 Å². The van der Waals surface area contributed by atoms with Crippen LogP contribution < -0.4 is 32.3 Å². The number of rotatable bonds is 15. The predicted octanol–water partition coefficient (Wildman–Crippen LogP) is 7.59. The second-order valence-electron chi connectivity index (χ2n) is 20.9. The number of nitrogens with two attached hydrogens (primary N) is 1. The van der Waals surface area contributed by atoms with Gasteiger partial charge in [-0.05, 0) is 48.7 Å². The second kappa shape index (κ2) is 28.4. The van der Waals surface area contributed by atoms with Crippen molar-refractivity contribution in [3.63, 3.8) is 0 Å². The lowest BCUT2D eigenvalue weighted by molar-refractivity contribution is -0.126. The fourth-order valence-corrected chi connectivity index (χ4v) is 14.7. The van der Waals surface area contributed by atoms with Gasteiger partial charge in [0.2, 0.25) is 11.8 Å². The number of aliphatic hydroxyl groups is 4. The van der Waals surface area contributed by atoms with Crippen molar-refractivity contribution in [3.05, 3.63) is 184 Å². The van der Waals surface area contributed by atoms with Crippen LogP contribution in [0.5, 0.6) is 5.75 Å². The molecule has 92 heavy (non-hydrogen) atoms. The number of Topliss-reactive ketones (excluding diaryl/α,β-unsaturated/α-hetero) is 1. The van der Waals surface area contributed by atoms with Gasteiger partial charge in [-0.2, -0.15) is 0 Å². The highest BCUT2D eigenvalue weighted by atomic mass is 32.1. The third-order valence-electron chi connectivity index (χ3n) is 14.4. The molecule has 10 rings (SSSR count).